The molecule has 1 aromatic rings. The SMILES string of the molecule is CC(O)(O)c1cscc1C(=O)O. The molecule has 0 spiro atoms. The first-order valence-corrected chi connectivity index (χ1v) is 4.12. The van der Waals surface area contributed by atoms with Crippen molar-refractivity contribution in [3.63, 3.8) is 0 Å². The molecule has 4 nitrogen and oxygen atoms in total. The molecule has 1 heterocycles. The molecule has 0 aliphatic heterocycles. The molecule has 0 bridgehead atoms. The molecular formula is C7H8O4S. The molecule has 0 unspecified atom stereocenters. The highest BCUT2D eigenvalue weighted by Crippen LogP contribution is 2.25. The summed E-state index contributed by atoms with van der Waals surface area (Å²) in [5.41, 5.74) is -0.0347. The molecule has 3 N–H and O–H groups in total. The summed E-state index contributed by atoms with van der Waals surface area (Å²) in [7, 11) is 0. The third-order valence-electron chi connectivity index (χ3n) is 1.40. The molecule has 0 aliphatic carbocycles. The molecular weight excluding hydrogens is 180 g/mol. The van der Waals surface area contributed by atoms with Crippen molar-refractivity contribution in [3.05, 3.63) is 21.9 Å². The van der Waals surface area contributed by atoms with Crippen LogP contribution in [0, 0.1) is 0 Å². The number of hydrogen-bond acceptors (Lipinski definition) is 4. The minimum atomic E-state index is -2.08. The van der Waals surface area contributed by atoms with Crippen LogP contribution in [0.3, 0.4) is 0 Å². The maximum absolute atomic E-state index is 10.5. The van der Waals surface area contributed by atoms with Gasteiger partial charge in [0.1, 0.15) is 0 Å². The third-order valence-corrected chi connectivity index (χ3v) is 2.15. The highest BCUT2D eigenvalue weighted by atomic mass is 32.1. The van der Waals surface area contributed by atoms with Crippen LogP contribution >= 0.6 is 11.3 Å². The summed E-state index contributed by atoms with van der Waals surface area (Å²) in [6.07, 6.45) is 0. The first-order valence-electron chi connectivity index (χ1n) is 3.17. The number of hydrogen-bond donors (Lipinski definition) is 3. The average molecular weight is 188 g/mol. The summed E-state index contributed by atoms with van der Waals surface area (Å²) < 4.78 is 0. The van der Waals surface area contributed by atoms with Gasteiger partial charge < -0.3 is 15.3 Å². The zero-order valence-corrected chi connectivity index (χ0v) is 7.13. The average Bonchev–Trinajstić information content (AvgIpc) is 2.30. The van der Waals surface area contributed by atoms with E-state index in [0.29, 0.717) is 0 Å². The fourth-order valence-electron chi connectivity index (χ4n) is 0.829. The number of rotatable bonds is 2. The Balaban J connectivity index is 3.17. The molecule has 0 saturated heterocycles. The van der Waals surface area contributed by atoms with E-state index < -0.39 is 11.8 Å². The van der Waals surface area contributed by atoms with Crippen LogP contribution in [0.4, 0.5) is 0 Å². The van der Waals surface area contributed by atoms with Gasteiger partial charge in [0, 0.05) is 16.3 Å². The van der Waals surface area contributed by atoms with Gasteiger partial charge in [0.05, 0.1) is 5.56 Å². The van der Waals surface area contributed by atoms with Gasteiger partial charge in [-0.25, -0.2) is 4.79 Å². The highest BCUT2D eigenvalue weighted by molar-refractivity contribution is 7.08. The minimum Gasteiger partial charge on any atom is -0.478 e. The largest absolute Gasteiger partial charge is 0.478 e. The van der Waals surface area contributed by atoms with Gasteiger partial charge >= 0.3 is 5.97 Å². The monoisotopic (exact) mass is 188 g/mol. The lowest BCUT2D eigenvalue weighted by molar-refractivity contribution is -0.152. The highest BCUT2D eigenvalue weighted by Gasteiger charge is 2.25. The van der Waals surface area contributed by atoms with Crippen LogP contribution in [0.25, 0.3) is 0 Å². The van der Waals surface area contributed by atoms with Crippen molar-refractivity contribution >= 4 is 17.3 Å². The lowest BCUT2D eigenvalue weighted by Gasteiger charge is -2.14. The molecule has 0 fully saturated rings. The van der Waals surface area contributed by atoms with Gasteiger partial charge in [0.15, 0.2) is 5.79 Å². The molecule has 0 saturated carbocycles. The second kappa shape index (κ2) is 2.85. The Morgan fingerprint density at radius 3 is 2.42 bits per heavy atom. The lowest BCUT2D eigenvalue weighted by atomic mass is 10.1. The predicted molar refractivity (Wildman–Crippen MR) is 43.1 cm³/mol. The summed E-state index contributed by atoms with van der Waals surface area (Å²) >= 11 is 1.12. The first-order chi connectivity index (χ1) is 5.43. The fourth-order valence-corrected chi connectivity index (χ4v) is 1.75. The van der Waals surface area contributed by atoms with Crippen molar-refractivity contribution in [2.24, 2.45) is 0 Å². The van der Waals surface area contributed by atoms with E-state index in [4.69, 9.17) is 15.3 Å². The Kier molecular flexibility index (Phi) is 2.18. The molecule has 0 amide bonds. The quantitative estimate of drug-likeness (QED) is 0.594. The molecule has 0 aliphatic rings. The van der Waals surface area contributed by atoms with Crippen LogP contribution in [-0.4, -0.2) is 21.3 Å². The van der Waals surface area contributed by atoms with Crippen LogP contribution in [0.2, 0.25) is 0 Å². The van der Waals surface area contributed by atoms with E-state index >= 15 is 0 Å². The van der Waals surface area contributed by atoms with Crippen molar-refractivity contribution in [1.82, 2.24) is 0 Å². The Bertz CT molecular complexity index is 297. The summed E-state index contributed by atoms with van der Waals surface area (Å²) in [6, 6.07) is 0. The molecule has 1 aromatic heterocycles. The second-order valence-corrected chi connectivity index (χ2v) is 3.27. The van der Waals surface area contributed by atoms with E-state index in [1.807, 2.05) is 0 Å². The third kappa shape index (κ3) is 1.63. The predicted octanol–water partition coefficient (Wildman–Crippen LogP) is 0.604. The van der Waals surface area contributed by atoms with Crippen LogP contribution in [0.15, 0.2) is 10.8 Å². The van der Waals surface area contributed by atoms with E-state index in [2.05, 4.69) is 0 Å². The van der Waals surface area contributed by atoms with Gasteiger partial charge in [-0.3, -0.25) is 0 Å². The number of carboxylic acid groups (broad SMARTS) is 1. The molecule has 66 valence electrons. The number of carboxylic acids is 1. The first kappa shape index (κ1) is 9.18. The molecule has 1 rings (SSSR count). The number of aromatic carboxylic acids is 1. The summed E-state index contributed by atoms with van der Waals surface area (Å²) in [5, 5.41) is 29.6. The Morgan fingerprint density at radius 1 is 1.50 bits per heavy atom. The van der Waals surface area contributed by atoms with Crippen LogP contribution in [-0.2, 0) is 5.79 Å². The van der Waals surface area contributed by atoms with Gasteiger partial charge in [0.2, 0.25) is 0 Å². The van der Waals surface area contributed by atoms with Crippen LogP contribution in [0.5, 0.6) is 0 Å². The second-order valence-electron chi connectivity index (χ2n) is 2.53. The fraction of sp³-hybridized carbons (Fsp3) is 0.286. The summed E-state index contributed by atoms with van der Waals surface area (Å²) in [5.74, 6) is -3.23. The van der Waals surface area contributed by atoms with E-state index in [1.54, 1.807) is 0 Å². The van der Waals surface area contributed by atoms with Gasteiger partial charge in [-0.05, 0) is 6.92 Å². The van der Waals surface area contributed by atoms with Gasteiger partial charge in [-0.1, -0.05) is 0 Å². The van der Waals surface area contributed by atoms with E-state index in [-0.39, 0.29) is 11.1 Å². The summed E-state index contributed by atoms with van der Waals surface area (Å²) in [4.78, 5) is 10.5. The Labute approximate surface area is 72.7 Å². The van der Waals surface area contributed by atoms with Gasteiger partial charge in [-0.15, -0.1) is 0 Å². The molecule has 12 heavy (non-hydrogen) atoms. The zero-order chi connectivity index (χ0) is 9.35. The number of aliphatic hydroxyl groups is 2. The van der Waals surface area contributed by atoms with E-state index in [0.717, 1.165) is 18.3 Å². The topological polar surface area (TPSA) is 77.8 Å². The van der Waals surface area contributed by atoms with Crippen LogP contribution in [0.1, 0.15) is 22.8 Å². The van der Waals surface area contributed by atoms with Crippen LogP contribution < -0.4 is 0 Å². The maximum Gasteiger partial charge on any atom is 0.337 e. The number of thiophene rings is 1. The molecule has 0 aromatic carbocycles. The maximum atomic E-state index is 10.5. The molecule has 0 radical (unpaired) electrons. The minimum absolute atomic E-state index is 0.0278. The van der Waals surface area contributed by atoms with Crippen molar-refractivity contribution in [3.8, 4) is 0 Å². The van der Waals surface area contributed by atoms with Crippen molar-refractivity contribution in [1.29, 1.82) is 0 Å². The standard InChI is InChI=1S/C7H8O4S/c1-7(10,11)5-3-12-2-4(5)6(8)9/h2-3,10-11H,1H3,(H,8,9). The van der Waals surface area contributed by atoms with Gasteiger partial charge in [-0.2, -0.15) is 11.3 Å². The van der Waals surface area contributed by atoms with E-state index in [9.17, 15) is 4.79 Å². The smallest absolute Gasteiger partial charge is 0.337 e. The lowest BCUT2D eigenvalue weighted by Crippen LogP contribution is -2.21. The Hall–Kier alpha value is -0.910. The zero-order valence-electron chi connectivity index (χ0n) is 6.31. The summed E-state index contributed by atoms with van der Waals surface area (Å²) in [6.45, 7) is 1.13. The normalized spacial score (nSPS) is 11.6. The molecule has 5 heteroatoms. The van der Waals surface area contributed by atoms with E-state index in [1.165, 1.54) is 10.8 Å². The number of carbonyl (C=O) groups is 1. The van der Waals surface area contributed by atoms with Gasteiger partial charge in [0.25, 0.3) is 0 Å². The molecule has 0 atom stereocenters. The van der Waals surface area contributed by atoms with Crippen molar-refractivity contribution < 1.29 is 20.1 Å². The van der Waals surface area contributed by atoms with Crippen molar-refractivity contribution in [2.45, 2.75) is 12.7 Å². The Morgan fingerprint density at radius 2 is 2.08 bits per heavy atom. The van der Waals surface area contributed by atoms with Crippen molar-refractivity contribution in [2.75, 3.05) is 0 Å².